The summed E-state index contributed by atoms with van der Waals surface area (Å²) in [6, 6.07) is 6.52. The lowest BCUT2D eigenvalue weighted by Gasteiger charge is -2.31. The van der Waals surface area contributed by atoms with Crippen LogP contribution in [0.5, 0.6) is 0 Å². The van der Waals surface area contributed by atoms with Crippen molar-refractivity contribution in [3.05, 3.63) is 29.3 Å². The summed E-state index contributed by atoms with van der Waals surface area (Å²) in [6.07, 6.45) is 6.41. The van der Waals surface area contributed by atoms with Crippen molar-refractivity contribution < 1.29 is 9.59 Å². The summed E-state index contributed by atoms with van der Waals surface area (Å²) < 4.78 is 0. The van der Waals surface area contributed by atoms with E-state index >= 15 is 0 Å². The molecule has 0 radical (unpaired) electrons. The number of nitrogens with zero attached hydrogens (tertiary/aromatic N) is 1. The van der Waals surface area contributed by atoms with Gasteiger partial charge in [-0.1, -0.05) is 12.1 Å². The van der Waals surface area contributed by atoms with Crippen molar-refractivity contribution in [2.75, 3.05) is 25.0 Å². The minimum atomic E-state index is 0.0321. The number of nitrogens with one attached hydrogen (secondary N) is 2. The third kappa shape index (κ3) is 4.08. The smallest absolute Gasteiger partial charge is 0.239 e. The fraction of sp³-hybridized carbons (Fsp3) is 0.579. The second-order valence-electron chi connectivity index (χ2n) is 6.85. The van der Waals surface area contributed by atoms with Gasteiger partial charge in [0.05, 0.1) is 6.54 Å². The lowest BCUT2D eigenvalue weighted by atomic mass is 9.90. The van der Waals surface area contributed by atoms with E-state index in [1.54, 1.807) is 6.92 Å². The molecule has 2 N–H and O–H groups in total. The van der Waals surface area contributed by atoms with Gasteiger partial charge in [0.1, 0.15) is 0 Å². The Morgan fingerprint density at radius 1 is 1.17 bits per heavy atom. The van der Waals surface area contributed by atoms with Crippen molar-refractivity contribution in [2.24, 2.45) is 0 Å². The molecule has 0 bridgehead atoms. The van der Waals surface area contributed by atoms with Gasteiger partial charge in [-0.2, -0.15) is 0 Å². The predicted molar refractivity (Wildman–Crippen MR) is 95.0 cm³/mol. The molecule has 1 aromatic carbocycles. The van der Waals surface area contributed by atoms with Gasteiger partial charge in [0.15, 0.2) is 0 Å². The molecule has 0 spiro atoms. The van der Waals surface area contributed by atoms with E-state index in [-0.39, 0.29) is 17.9 Å². The normalized spacial score (nSPS) is 18.0. The molecule has 0 saturated carbocycles. The molecule has 1 aliphatic heterocycles. The number of piperidine rings is 1. The van der Waals surface area contributed by atoms with Crippen molar-refractivity contribution in [2.45, 2.75) is 51.5 Å². The van der Waals surface area contributed by atoms with Crippen LogP contribution in [0.4, 0.5) is 5.69 Å². The van der Waals surface area contributed by atoms with E-state index in [0.717, 1.165) is 44.5 Å². The van der Waals surface area contributed by atoms with Crippen LogP contribution in [0.1, 0.15) is 43.7 Å². The SMILES string of the molecule is CC(=O)N1CCC(NC(=O)CNc2cccc3c2CCCC3)CC1. The number of rotatable bonds is 4. The number of carbonyl (C=O) groups excluding carboxylic acids is 2. The zero-order valence-electron chi connectivity index (χ0n) is 14.4. The lowest BCUT2D eigenvalue weighted by molar-refractivity contribution is -0.130. The van der Waals surface area contributed by atoms with Crippen molar-refractivity contribution >= 4 is 17.5 Å². The zero-order valence-corrected chi connectivity index (χ0v) is 14.4. The summed E-state index contributed by atoms with van der Waals surface area (Å²) in [4.78, 5) is 25.4. The molecule has 1 aromatic rings. The Kier molecular flexibility index (Phi) is 5.38. The summed E-state index contributed by atoms with van der Waals surface area (Å²) in [5, 5.41) is 6.40. The van der Waals surface area contributed by atoms with Gasteiger partial charge in [-0.15, -0.1) is 0 Å². The number of carbonyl (C=O) groups is 2. The highest BCUT2D eigenvalue weighted by molar-refractivity contribution is 5.81. The molecule has 3 rings (SSSR count). The van der Waals surface area contributed by atoms with Gasteiger partial charge < -0.3 is 15.5 Å². The molecule has 5 heteroatoms. The fourth-order valence-corrected chi connectivity index (χ4v) is 3.74. The minimum Gasteiger partial charge on any atom is -0.376 e. The molecule has 2 amide bonds. The lowest BCUT2D eigenvalue weighted by Crippen LogP contribution is -2.47. The Morgan fingerprint density at radius 3 is 2.67 bits per heavy atom. The third-order valence-corrected chi connectivity index (χ3v) is 5.14. The number of hydrogen-bond acceptors (Lipinski definition) is 3. The topological polar surface area (TPSA) is 61.4 Å². The molecule has 1 saturated heterocycles. The van der Waals surface area contributed by atoms with Gasteiger partial charge >= 0.3 is 0 Å². The zero-order chi connectivity index (χ0) is 16.9. The number of aryl methyl sites for hydroxylation is 1. The van der Waals surface area contributed by atoms with Crippen LogP contribution in [-0.4, -0.2) is 42.4 Å². The molecule has 1 heterocycles. The van der Waals surface area contributed by atoms with E-state index in [9.17, 15) is 9.59 Å². The summed E-state index contributed by atoms with van der Waals surface area (Å²) in [6.45, 7) is 3.38. The predicted octanol–water partition coefficient (Wildman–Crippen LogP) is 2.10. The van der Waals surface area contributed by atoms with E-state index in [1.807, 2.05) is 4.90 Å². The molecule has 5 nitrogen and oxygen atoms in total. The Bertz CT molecular complexity index is 607. The van der Waals surface area contributed by atoms with Crippen molar-refractivity contribution in [3.63, 3.8) is 0 Å². The molecule has 130 valence electrons. The van der Waals surface area contributed by atoms with Gasteiger partial charge in [0.25, 0.3) is 0 Å². The number of likely N-dealkylation sites (tertiary alicyclic amines) is 1. The van der Waals surface area contributed by atoms with Crippen LogP contribution < -0.4 is 10.6 Å². The average molecular weight is 329 g/mol. The van der Waals surface area contributed by atoms with Crippen LogP contribution in [0.3, 0.4) is 0 Å². The van der Waals surface area contributed by atoms with E-state index in [2.05, 4.69) is 28.8 Å². The van der Waals surface area contributed by atoms with Crippen LogP contribution in [0.15, 0.2) is 18.2 Å². The number of hydrogen-bond donors (Lipinski definition) is 2. The number of amides is 2. The Labute approximate surface area is 143 Å². The first-order valence-electron chi connectivity index (χ1n) is 9.03. The summed E-state index contributed by atoms with van der Waals surface area (Å²) >= 11 is 0. The first kappa shape index (κ1) is 16.8. The highest BCUT2D eigenvalue weighted by atomic mass is 16.2. The standard InChI is InChI=1S/C19H27N3O2/c1-14(23)22-11-9-16(10-12-22)21-19(24)13-20-18-8-4-6-15-5-2-3-7-17(15)18/h4,6,8,16,20H,2-3,5,7,9-13H2,1H3,(H,21,24). The molecular weight excluding hydrogens is 302 g/mol. The summed E-state index contributed by atoms with van der Waals surface area (Å²) in [7, 11) is 0. The van der Waals surface area contributed by atoms with Crippen LogP contribution in [0.2, 0.25) is 0 Å². The number of benzene rings is 1. The Morgan fingerprint density at radius 2 is 1.92 bits per heavy atom. The minimum absolute atomic E-state index is 0.0321. The fourth-order valence-electron chi connectivity index (χ4n) is 3.74. The van der Waals surface area contributed by atoms with Crippen LogP contribution in [0.25, 0.3) is 0 Å². The number of fused-ring (bicyclic) bond motifs is 1. The Hall–Kier alpha value is -2.04. The maximum atomic E-state index is 12.2. The van der Waals surface area contributed by atoms with Gasteiger partial charge in [0, 0.05) is 31.7 Å². The Balaban J connectivity index is 1.47. The van der Waals surface area contributed by atoms with Crippen LogP contribution >= 0.6 is 0 Å². The molecule has 24 heavy (non-hydrogen) atoms. The van der Waals surface area contributed by atoms with Gasteiger partial charge in [0.2, 0.25) is 11.8 Å². The molecule has 1 aliphatic carbocycles. The highest BCUT2D eigenvalue weighted by Crippen LogP contribution is 2.27. The van der Waals surface area contributed by atoms with Crippen LogP contribution in [-0.2, 0) is 22.4 Å². The molecule has 0 atom stereocenters. The van der Waals surface area contributed by atoms with E-state index in [0.29, 0.717) is 6.54 Å². The first-order valence-corrected chi connectivity index (χ1v) is 9.03. The van der Waals surface area contributed by atoms with Crippen molar-refractivity contribution in [3.8, 4) is 0 Å². The van der Waals surface area contributed by atoms with Gasteiger partial charge in [-0.05, 0) is 55.7 Å². The van der Waals surface area contributed by atoms with Crippen molar-refractivity contribution in [1.82, 2.24) is 10.2 Å². The summed E-state index contributed by atoms with van der Waals surface area (Å²) in [5.41, 5.74) is 3.91. The number of anilines is 1. The monoisotopic (exact) mass is 329 g/mol. The van der Waals surface area contributed by atoms with Gasteiger partial charge in [-0.3, -0.25) is 9.59 Å². The maximum absolute atomic E-state index is 12.2. The highest BCUT2D eigenvalue weighted by Gasteiger charge is 2.22. The summed E-state index contributed by atoms with van der Waals surface area (Å²) in [5.74, 6) is 0.153. The van der Waals surface area contributed by atoms with E-state index < -0.39 is 0 Å². The molecule has 0 unspecified atom stereocenters. The second kappa shape index (κ2) is 7.69. The quantitative estimate of drug-likeness (QED) is 0.889. The first-order chi connectivity index (χ1) is 11.6. The molecule has 0 aromatic heterocycles. The third-order valence-electron chi connectivity index (χ3n) is 5.14. The maximum Gasteiger partial charge on any atom is 0.239 e. The van der Waals surface area contributed by atoms with E-state index in [1.165, 1.54) is 24.0 Å². The van der Waals surface area contributed by atoms with Crippen LogP contribution in [0, 0.1) is 0 Å². The van der Waals surface area contributed by atoms with Gasteiger partial charge in [-0.25, -0.2) is 0 Å². The molecule has 2 aliphatic rings. The second-order valence-corrected chi connectivity index (χ2v) is 6.85. The van der Waals surface area contributed by atoms with E-state index in [4.69, 9.17) is 0 Å². The molecule has 1 fully saturated rings. The molecular formula is C19H27N3O2. The largest absolute Gasteiger partial charge is 0.376 e. The van der Waals surface area contributed by atoms with Crippen molar-refractivity contribution in [1.29, 1.82) is 0 Å². The average Bonchev–Trinajstić information content (AvgIpc) is 2.60.